The molecule has 1 rings (SSSR count). The van der Waals surface area contributed by atoms with Crippen LogP contribution >= 0.6 is 0 Å². The van der Waals surface area contributed by atoms with Crippen LogP contribution < -0.4 is 16.4 Å². The van der Waals surface area contributed by atoms with Crippen LogP contribution in [0.5, 0.6) is 0 Å². The zero-order valence-electron chi connectivity index (χ0n) is 11.2. The summed E-state index contributed by atoms with van der Waals surface area (Å²) in [6, 6.07) is 0. The molecule has 0 unspecified atom stereocenters. The van der Waals surface area contributed by atoms with E-state index in [2.05, 4.69) is 20.6 Å². The van der Waals surface area contributed by atoms with Crippen molar-refractivity contribution in [2.75, 3.05) is 24.1 Å². The number of rotatable bonds is 6. The van der Waals surface area contributed by atoms with Crippen LogP contribution in [0.3, 0.4) is 0 Å². The van der Waals surface area contributed by atoms with E-state index in [1.165, 1.54) is 6.33 Å². The molecule has 1 aromatic rings. The molecule has 18 heavy (non-hydrogen) atoms. The maximum Gasteiger partial charge on any atom is 0.239 e. The number of hydrogen-bond donors (Lipinski definition) is 3. The van der Waals surface area contributed by atoms with E-state index in [0.29, 0.717) is 18.2 Å². The van der Waals surface area contributed by atoms with Gasteiger partial charge in [0.1, 0.15) is 18.0 Å². The molecule has 0 radical (unpaired) electrons. The molecule has 0 atom stereocenters. The van der Waals surface area contributed by atoms with Crippen molar-refractivity contribution >= 4 is 17.5 Å². The van der Waals surface area contributed by atoms with Crippen LogP contribution in [0.25, 0.3) is 0 Å². The Hall–Kier alpha value is -1.85. The van der Waals surface area contributed by atoms with E-state index in [1.807, 2.05) is 20.8 Å². The van der Waals surface area contributed by atoms with Crippen LogP contribution in [0.2, 0.25) is 0 Å². The molecular weight excluding hydrogens is 230 g/mol. The first-order valence-electron chi connectivity index (χ1n) is 6.17. The van der Waals surface area contributed by atoms with Gasteiger partial charge < -0.3 is 16.4 Å². The van der Waals surface area contributed by atoms with Crippen LogP contribution in [-0.2, 0) is 4.79 Å². The van der Waals surface area contributed by atoms with Gasteiger partial charge in [-0.25, -0.2) is 9.97 Å². The normalized spacial score (nSPS) is 10.4. The van der Waals surface area contributed by atoms with Gasteiger partial charge in [-0.1, -0.05) is 20.8 Å². The van der Waals surface area contributed by atoms with E-state index >= 15 is 0 Å². The number of carbonyl (C=O) groups excluding carboxylic acids is 1. The average molecular weight is 251 g/mol. The summed E-state index contributed by atoms with van der Waals surface area (Å²) in [6.45, 7) is 6.91. The highest BCUT2D eigenvalue weighted by atomic mass is 16.1. The Morgan fingerprint density at radius 2 is 2.17 bits per heavy atom. The van der Waals surface area contributed by atoms with Crippen molar-refractivity contribution in [3.63, 3.8) is 0 Å². The molecular formula is C12H21N5O. The third-order valence-corrected chi connectivity index (χ3v) is 2.48. The van der Waals surface area contributed by atoms with Gasteiger partial charge in [0.2, 0.25) is 5.91 Å². The molecule has 0 saturated carbocycles. The first-order valence-corrected chi connectivity index (χ1v) is 6.17. The fourth-order valence-electron chi connectivity index (χ4n) is 1.61. The molecule has 100 valence electrons. The van der Waals surface area contributed by atoms with Crippen LogP contribution in [0.1, 0.15) is 38.7 Å². The standard InChI is InChI=1S/C12H21N5O/c1-4-5-14-9(18)6-15-12-10(8(2)3)11(13)16-7-17-12/h7-8H,4-6H2,1-3H3,(H,14,18)(H3,13,15,16,17). The number of aromatic nitrogens is 2. The molecule has 0 aromatic carbocycles. The number of nitrogens with two attached hydrogens (primary N) is 1. The van der Waals surface area contributed by atoms with E-state index in [1.54, 1.807) is 0 Å². The van der Waals surface area contributed by atoms with E-state index in [9.17, 15) is 4.79 Å². The molecule has 0 aliphatic heterocycles. The summed E-state index contributed by atoms with van der Waals surface area (Å²) < 4.78 is 0. The lowest BCUT2D eigenvalue weighted by molar-refractivity contribution is -0.119. The van der Waals surface area contributed by atoms with Crippen molar-refractivity contribution < 1.29 is 4.79 Å². The van der Waals surface area contributed by atoms with Gasteiger partial charge >= 0.3 is 0 Å². The van der Waals surface area contributed by atoms with Crippen molar-refractivity contribution in [2.45, 2.75) is 33.1 Å². The molecule has 0 fully saturated rings. The zero-order chi connectivity index (χ0) is 13.5. The second kappa shape index (κ2) is 6.78. The van der Waals surface area contributed by atoms with Gasteiger partial charge in [-0.15, -0.1) is 0 Å². The molecule has 0 saturated heterocycles. The molecule has 4 N–H and O–H groups in total. The van der Waals surface area contributed by atoms with Gasteiger partial charge in [0.25, 0.3) is 0 Å². The van der Waals surface area contributed by atoms with E-state index in [0.717, 1.165) is 12.0 Å². The van der Waals surface area contributed by atoms with Crippen LogP contribution in [0.15, 0.2) is 6.33 Å². The number of nitrogen functional groups attached to an aromatic ring is 1. The maximum atomic E-state index is 11.5. The third kappa shape index (κ3) is 3.87. The summed E-state index contributed by atoms with van der Waals surface area (Å²) in [6.07, 6.45) is 2.32. The van der Waals surface area contributed by atoms with Crippen molar-refractivity contribution in [3.05, 3.63) is 11.9 Å². The summed E-state index contributed by atoms with van der Waals surface area (Å²) in [4.78, 5) is 19.6. The largest absolute Gasteiger partial charge is 0.383 e. The number of hydrogen-bond acceptors (Lipinski definition) is 5. The monoisotopic (exact) mass is 251 g/mol. The number of anilines is 2. The van der Waals surface area contributed by atoms with Crippen molar-refractivity contribution in [1.82, 2.24) is 15.3 Å². The summed E-state index contributed by atoms with van der Waals surface area (Å²) in [5, 5.41) is 5.79. The van der Waals surface area contributed by atoms with Gasteiger partial charge in [-0.3, -0.25) is 4.79 Å². The third-order valence-electron chi connectivity index (χ3n) is 2.48. The van der Waals surface area contributed by atoms with E-state index in [-0.39, 0.29) is 18.4 Å². The Morgan fingerprint density at radius 3 is 2.78 bits per heavy atom. The van der Waals surface area contributed by atoms with Crippen molar-refractivity contribution in [1.29, 1.82) is 0 Å². The van der Waals surface area contributed by atoms with Crippen molar-refractivity contribution in [3.8, 4) is 0 Å². The predicted molar refractivity (Wildman–Crippen MR) is 72.3 cm³/mol. The topological polar surface area (TPSA) is 92.9 Å². The Kier molecular flexibility index (Phi) is 5.35. The SMILES string of the molecule is CCCNC(=O)CNc1ncnc(N)c1C(C)C. The van der Waals surface area contributed by atoms with E-state index < -0.39 is 0 Å². The molecule has 1 amide bonds. The molecule has 0 aliphatic carbocycles. The Bertz CT molecular complexity index is 405. The lowest BCUT2D eigenvalue weighted by Crippen LogP contribution is -2.30. The maximum absolute atomic E-state index is 11.5. The summed E-state index contributed by atoms with van der Waals surface area (Å²) >= 11 is 0. The molecule has 1 aromatic heterocycles. The Morgan fingerprint density at radius 1 is 1.44 bits per heavy atom. The van der Waals surface area contributed by atoms with Gasteiger partial charge in [0.15, 0.2) is 0 Å². The minimum Gasteiger partial charge on any atom is -0.383 e. The number of amides is 1. The Labute approximate surface area is 107 Å². The van der Waals surface area contributed by atoms with Crippen LogP contribution in [0.4, 0.5) is 11.6 Å². The van der Waals surface area contributed by atoms with E-state index in [4.69, 9.17) is 5.73 Å². The summed E-state index contributed by atoms with van der Waals surface area (Å²) in [5.41, 5.74) is 6.67. The van der Waals surface area contributed by atoms with Crippen LogP contribution in [0, 0.1) is 0 Å². The van der Waals surface area contributed by atoms with Gasteiger partial charge in [-0.05, 0) is 12.3 Å². The first kappa shape index (κ1) is 14.2. The number of carbonyl (C=O) groups is 1. The lowest BCUT2D eigenvalue weighted by atomic mass is 10.0. The van der Waals surface area contributed by atoms with Crippen molar-refractivity contribution in [2.24, 2.45) is 0 Å². The zero-order valence-corrected chi connectivity index (χ0v) is 11.2. The molecule has 1 heterocycles. The minimum atomic E-state index is -0.0521. The second-order valence-electron chi connectivity index (χ2n) is 4.38. The highest BCUT2D eigenvalue weighted by molar-refractivity contribution is 5.80. The Balaban J connectivity index is 2.67. The molecule has 0 aliphatic rings. The molecule has 6 heteroatoms. The van der Waals surface area contributed by atoms with Crippen LogP contribution in [-0.4, -0.2) is 29.0 Å². The predicted octanol–water partition coefficient (Wildman–Crippen LogP) is 1.12. The summed E-state index contributed by atoms with van der Waals surface area (Å²) in [7, 11) is 0. The van der Waals surface area contributed by atoms with Gasteiger partial charge in [0.05, 0.1) is 6.54 Å². The number of nitrogens with zero attached hydrogens (tertiary/aromatic N) is 2. The minimum absolute atomic E-state index is 0.0521. The number of nitrogens with one attached hydrogen (secondary N) is 2. The molecule has 6 nitrogen and oxygen atoms in total. The fraction of sp³-hybridized carbons (Fsp3) is 0.583. The lowest BCUT2D eigenvalue weighted by Gasteiger charge is -2.14. The first-order chi connectivity index (χ1) is 8.56. The highest BCUT2D eigenvalue weighted by Crippen LogP contribution is 2.25. The van der Waals surface area contributed by atoms with Gasteiger partial charge in [0, 0.05) is 12.1 Å². The molecule has 0 bridgehead atoms. The smallest absolute Gasteiger partial charge is 0.239 e. The van der Waals surface area contributed by atoms with Gasteiger partial charge in [-0.2, -0.15) is 0 Å². The average Bonchev–Trinajstić information content (AvgIpc) is 2.33. The highest BCUT2D eigenvalue weighted by Gasteiger charge is 2.13. The second-order valence-corrected chi connectivity index (χ2v) is 4.38. The summed E-state index contributed by atoms with van der Waals surface area (Å²) in [5.74, 6) is 1.23. The quantitative estimate of drug-likeness (QED) is 0.704. The fourth-order valence-corrected chi connectivity index (χ4v) is 1.61. The molecule has 0 spiro atoms.